The molecule has 142 valence electrons. The smallest absolute Gasteiger partial charge is 0.170 e. The lowest BCUT2D eigenvalue weighted by Gasteiger charge is -2.36. The lowest BCUT2D eigenvalue weighted by Crippen LogP contribution is -2.49. The molecule has 6 heteroatoms. The van der Waals surface area contributed by atoms with Gasteiger partial charge in [-0.25, -0.2) is 9.98 Å². The maximum Gasteiger partial charge on any atom is 0.170 e. The van der Waals surface area contributed by atoms with E-state index in [-0.39, 0.29) is 29.5 Å². The van der Waals surface area contributed by atoms with E-state index in [1.165, 1.54) is 24.1 Å². The third-order valence-electron chi connectivity index (χ3n) is 5.15. The van der Waals surface area contributed by atoms with Gasteiger partial charge in [-0.3, -0.25) is 0 Å². The van der Waals surface area contributed by atoms with E-state index in [1.807, 2.05) is 24.3 Å². The predicted octanol–water partition coefficient (Wildman–Crippen LogP) is 6.85. The number of nitrogens with zero attached hydrogens (tertiary/aromatic N) is 3. The molecule has 1 heterocycles. The van der Waals surface area contributed by atoms with Crippen LogP contribution in [0.4, 0.5) is 11.4 Å². The van der Waals surface area contributed by atoms with E-state index in [0.29, 0.717) is 5.02 Å². The van der Waals surface area contributed by atoms with Gasteiger partial charge in [-0.2, -0.15) is 0 Å². The van der Waals surface area contributed by atoms with Crippen LogP contribution in [0.25, 0.3) is 0 Å². The molecule has 3 nitrogen and oxygen atoms in total. The second-order valence-corrected chi connectivity index (χ2v) is 8.14. The molecular formula is C21H23ClIN3S. The van der Waals surface area contributed by atoms with Gasteiger partial charge in [0, 0.05) is 10.7 Å². The third kappa shape index (κ3) is 3.91. The molecule has 2 aliphatic rings. The summed E-state index contributed by atoms with van der Waals surface area (Å²) in [5.74, 6) is 0.920. The van der Waals surface area contributed by atoms with Crippen LogP contribution < -0.4 is 4.90 Å². The Morgan fingerprint density at radius 3 is 2.52 bits per heavy atom. The molecule has 0 radical (unpaired) electrons. The van der Waals surface area contributed by atoms with Crippen LogP contribution in [0.5, 0.6) is 0 Å². The summed E-state index contributed by atoms with van der Waals surface area (Å²) < 4.78 is 0. The number of anilines is 1. The van der Waals surface area contributed by atoms with E-state index >= 15 is 0 Å². The van der Waals surface area contributed by atoms with E-state index in [2.05, 4.69) is 42.3 Å². The summed E-state index contributed by atoms with van der Waals surface area (Å²) in [6, 6.07) is 16.4. The van der Waals surface area contributed by atoms with Crippen molar-refractivity contribution in [3.8, 4) is 0 Å². The van der Waals surface area contributed by atoms with Crippen LogP contribution in [-0.4, -0.2) is 22.8 Å². The Hall–Kier alpha value is -1.05. The van der Waals surface area contributed by atoms with Crippen LogP contribution in [0.3, 0.4) is 0 Å². The molecule has 27 heavy (non-hydrogen) atoms. The first-order valence-electron chi connectivity index (χ1n) is 8.97. The molecule has 1 aliphatic carbocycles. The van der Waals surface area contributed by atoms with Gasteiger partial charge in [-0.1, -0.05) is 54.4 Å². The summed E-state index contributed by atoms with van der Waals surface area (Å²) in [6.07, 6.45) is 6.65. The van der Waals surface area contributed by atoms with Crippen LogP contribution >= 0.6 is 47.3 Å². The molecule has 0 atom stereocenters. The van der Waals surface area contributed by atoms with E-state index in [9.17, 15) is 0 Å². The van der Waals surface area contributed by atoms with Crippen molar-refractivity contribution in [2.75, 3.05) is 11.2 Å². The fraction of sp³-hybridized carbons (Fsp3) is 0.333. The molecule has 0 amide bonds. The number of benzene rings is 2. The SMILES string of the molecule is CSC1=NC(=Nc2cccc(Cl)c2)C2(CCCC2)N1c1cccc(C)c1.I. The molecule has 0 unspecified atom stereocenters. The maximum absolute atomic E-state index is 6.16. The number of thioether (sulfide) groups is 1. The molecule has 1 spiro atoms. The highest BCUT2D eigenvalue weighted by Gasteiger charge is 2.50. The van der Waals surface area contributed by atoms with Crippen LogP contribution in [0.2, 0.25) is 5.02 Å². The number of aliphatic imine (C=N–C) groups is 2. The average Bonchev–Trinajstić information content (AvgIpc) is 3.22. The van der Waals surface area contributed by atoms with Gasteiger partial charge in [0.2, 0.25) is 0 Å². The zero-order valence-electron chi connectivity index (χ0n) is 15.5. The minimum Gasteiger partial charge on any atom is -0.307 e. The highest BCUT2D eigenvalue weighted by atomic mass is 127. The average molecular weight is 512 g/mol. The third-order valence-corrected chi connectivity index (χ3v) is 6.03. The van der Waals surface area contributed by atoms with E-state index in [1.54, 1.807) is 11.8 Å². The van der Waals surface area contributed by atoms with Crippen molar-refractivity contribution in [3.63, 3.8) is 0 Å². The fourth-order valence-corrected chi connectivity index (χ4v) is 4.82. The molecule has 4 rings (SSSR count). The lowest BCUT2D eigenvalue weighted by atomic mass is 9.94. The number of hydrogen-bond donors (Lipinski definition) is 0. The number of halogens is 2. The summed E-state index contributed by atoms with van der Waals surface area (Å²) >= 11 is 7.85. The Kier molecular flexibility index (Phi) is 6.54. The predicted molar refractivity (Wildman–Crippen MR) is 130 cm³/mol. The van der Waals surface area contributed by atoms with E-state index in [0.717, 1.165) is 29.5 Å². The number of rotatable bonds is 2. The zero-order chi connectivity index (χ0) is 18.1. The topological polar surface area (TPSA) is 28.0 Å². The zero-order valence-corrected chi connectivity index (χ0v) is 19.4. The quantitative estimate of drug-likeness (QED) is 0.413. The first-order valence-corrected chi connectivity index (χ1v) is 10.6. The lowest BCUT2D eigenvalue weighted by molar-refractivity contribution is 0.592. The summed E-state index contributed by atoms with van der Waals surface area (Å²) in [7, 11) is 0. The Bertz CT molecular complexity index is 891. The van der Waals surface area contributed by atoms with Crippen molar-refractivity contribution in [2.24, 2.45) is 9.98 Å². The molecule has 0 N–H and O–H groups in total. The standard InChI is InChI=1S/C21H22ClN3S.HI/c1-15-7-5-10-18(13-15)25-20(26-2)24-19(21(25)11-3-4-12-21)23-17-9-6-8-16(22)14-17;/h5-10,13-14H,3-4,11-12H2,1-2H3;1H. The Balaban J connectivity index is 0.00000210. The number of aryl methyl sites for hydroxylation is 1. The summed E-state index contributed by atoms with van der Waals surface area (Å²) in [5.41, 5.74) is 3.19. The van der Waals surface area contributed by atoms with Crippen molar-refractivity contribution in [3.05, 3.63) is 59.1 Å². The second-order valence-electron chi connectivity index (χ2n) is 6.93. The highest BCUT2D eigenvalue weighted by Crippen LogP contribution is 2.45. The number of amidine groups is 2. The van der Waals surface area contributed by atoms with Crippen LogP contribution in [0.15, 0.2) is 58.5 Å². The van der Waals surface area contributed by atoms with Gasteiger partial charge in [0.25, 0.3) is 0 Å². The molecule has 2 aromatic carbocycles. The molecule has 2 aromatic rings. The molecule has 0 aromatic heterocycles. The molecule has 1 aliphatic heterocycles. The van der Waals surface area contributed by atoms with Gasteiger partial charge in [0.05, 0.1) is 5.69 Å². The molecule has 0 saturated heterocycles. The Labute approximate surface area is 187 Å². The molecular weight excluding hydrogens is 489 g/mol. The van der Waals surface area contributed by atoms with Crippen molar-refractivity contribution >= 4 is 69.7 Å². The highest BCUT2D eigenvalue weighted by molar-refractivity contribution is 14.0. The first kappa shape index (κ1) is 20.7. The van der Waals surface area contributed by atoms with Crippen LogP contribution in [0, 0.1) is 6.92 Å². The maximum atomic E-state index is 6.16. The Morgan fingerprint density at radius 1 is 1.11 bits per heavy atom. The minimum atomic E-state index is -0.144. The molecule has 1 saturated carbocycles. The summed E-state index contributed by atoms with van der Waals surface area (Å²) in [6.45, 7) is 2.14. The van der Waals surface area contributed by atoms with Gasteiger partial charge in [0.15, 0.2) is 11.0 Å². The van der Waals surface area contributed by atoms with Crippen molar-refractivity contribution < 1.29 is 0 Å². The minimum absolute atomic E-state index is 0. The first-order chi connectivity index (χ1) is 12.6. The van der Waals surface area contributed by atoms with Gasteiger partial charge >= 0.3 is 0 Å². The van der Waals surface area contributed by atoms with Gasteiger partial charge in [-0.05, 0) is 61.9 Å². The summed E-state index contributed by atoms with van der Waals surface area (Å²) in [5, 5.41) is 1.73. The van der Waals surface area contributed by atoms with Gasteiger partial charge in [0.1, 0.15) is 5.54 Å². The van der Waals surface area contributed by atoms with Crippen LogP contribution in [0.1, 0.15) is 31.2 Å². The van der Waals surface area contributed by atoms with Gasteiger partial charge in [-0.15, -0.1) is 24.0 Å². The normalized spacial score (nSPS) is 19.4. The summed E-state index contributed by atoms with van der Waals surface area (Å²) in [4.78, 5) is 12.3. The van der Waals surface area contributed by atoms with E-state index in [4.69, 9.17) is 21.6 Å². The van der Waals surface area contributed by atoms with Crippen LogP contribution in [-0.2, 0) is 0 Å². The monoisotopic (exact) mass is 511 g/mol. The van der Waals surface area contributed by atoms with Crippen molar-refractivity contribution in [1.82, 2.24) is 0 Å². The molecule has 1 fully saturated rings. The number of hydrogen-bond acceptors (Lipinski definition) is 3. The van der Waals surface area contributed by atoms with Crippen molar-refractivity contribution in [1.29, 1.82) is 0 Å². The molecule has 0 bridgehead atoms. The van der Waals surface area contributed by atoms with Gasteiger partial charge < -0.3 is 4.90 Å². The fourth-order valence-electron chi connectivity index (χ4n) is 3.99. The Morgan fingerprint density at radius 2 is 1.85 bits per heavy atom. The van der Waals surface area contributed by atoms with Crippen molar-refractivity contribution in [2.45, 2.75) is 38.1 Å². The largest absolute Gasteiger partial charge is 0.307 e. The van der Waals surface area contributed by atoms with E-state index < -0.39 is 0 Å². The second kappa shape index (κ2) is 8.53.